The third kappa shape index (κ3) is 3.01. The smallest absolute Gasteiger partial charge is 0.320 e. The Balaban J connectivity index is 1.75. The van der Waals surface area contributed by atoms with E-state index in [1.54, 1.807) is 13.9 Å². The molecule has 1 N–H and O–H groups in total. The Labute approximate surface area is 148 Å². The fourth-order valence-electron chi connectivity index (χ4n) is 3.22. The lowest BCUT2D eigenvalue weighted by molar-refractivity contribution is 0.415. The van der Waals surface area contributed by atoms with Crippen LogP contribution in [0.5, 0.6) is 17.2 Å². The summed E-state index contributed by atoms with van der Waals surface area (Å²) >= 11 is 0. The number of fused-ring (bicyclic) bond motifs is 2. The van der Waals surface area contributed by atoms with Crippen LogP contribution in [0.15, 0.2) is 60.7 Å². The maximum absolute atomic E-state index is 9.94. The third-order valence-electron chi connectivity index (χ3n) is 4.61. The molecule has 0 saturated carbocycles. The molecule has 0 fully saturated rings. The van der Waals surface area contributed by atoms with E-state index in [4.69, 9.17) is 9.47 Å². The van der Waals surface area contributed by atoms with Crippen molar-refractivity contribution in [2.75, 3.05) is 7.11 Å². The molecule has 0 aromatic heterocycles. The van der Waals surface area contributed by atoms with Gasteiger partial charge in [-0.15, -0.1) is 0 Å². The number of methoxy groups -OCH3 is 1. The summed E-state index contributed by atoms with van der Waals surface area (Å²) in [4.78, 5) is 0. The van der Waals surface area contributed by atoms with Gasteiger partial charge in [0, 0.05) is 6.42 Å². The van der Waals surface area contributed by atoms with Crippen LogP contribution in [0.3, 0.4) is 0 Å². The van der Waals surface area contributed by atoms with Crippen molar-refractivity contribution in [1.29, 1.82) is 0 Å². The van der Waals surface area contributed by atoms with Crippen molar-refractivity contribution < 1.29 is 14.5 Å². The van der Waals surface area contributed by atoms with E-state index >= 15 is 0 Å². The van der Waals surface area contributed by atoms with E-state index in [-0.39, 0.29) is 0 Å². The quantitative estimate of drug-likeness (QED) is 0.580. The lowest BCUT2D eigenvalue weighted by Gasteiger charge is -2.21. The lowest BCUT2D eigenvalue weighted by Crippen LogP contribution is -2.26. The standard InChI is InChI=1S/C21H19BO3/c1-22(23)18-11-16(12-19(13-18)24-2)14-7-8-21-17(9-14)10-15-5-3-4-6-20(15)25-21/h3-9,11-13,23H,10H2,1-2H3. The number of hydrogen-bond donors (Lipinski definition) is 1. The van der Waals surface area contributed by atoms with E-state index in [1.807, 2.05) is 48.5 Å². The average molecular weight is 330 g/mol. The molecule has 4 rings (SSSR count). The third-order valence-corrected chi connectivity index (χ3v) is 4.61. The highest BCUT2D eigenvalue weighted by atomic mass is 16.5. The van der Waals surface area contributed by atoms with Crippen LogP contribution in [-0.2, 0) is 6.42 Å². The highest BCUT2D eigenvalue weighted by Gasteiger charge is 2.18. The maximum atomic E-state index is 9.94. The number of hydrogen-bond acceptors (Lipinski definition) is 3. The van der Waals surface area contributed by atoms with Gasteiger partial charge in [0.05, 0.1) is 7.11 Å². The minimum Gasteiger partial charge on any atom is -0.497 e. The van der Waals surface area contributed by atoms with Crippen LogP contribution in [0.25, 0.3) is 11.1 Å². The maximum Gasteiger partial charge on any atom is 0.320 e. The van der Waals surface area contributed by atoms with Crippen LogP contribution >= 0.6 is 0 Å². The second-order valence-corrected chi connectivity index (χ2v) is 6.38. The lowest BCUT2D eigenvalue weighted by atomic mass is 9.64. The van der Waals surface area contributed by atoms with Gasteiger partial charge >= 0.3 is 6.92 Å². The minimum atomic E-state index is -0.540. The molecule has 4 heteroatoms. The molecule has 3 nitrogen and oxygen atoms in total. The molecule has 3 aromatic carbocycles. The molecule has 25 heavy (non-hydrogen) atoms. The van der Waals surface area contributed by atoms with Gasteiger partial charge in [0.1, 0.15) is 17.2 Å². The van der Waals surface area contributed by atoms with Crippen molar-refractivity contribution in [2.45, 2.75) is 13.2 Å². The molecule has 0 bridgehead atoms. The van der Waals surface area contributed by atoms with Gasteiger partial charge in [-0.05, 0) is 58.0 Å². The highest BCUT2D eigenvalue weighted by molar-refractivity contribution is 6.65. The minimum absolute atomic E-state index is 0.540. The Kier molecular flexibility index (Phi) is 3.98. The summed E-state index contributed by atoms with van der Waals surface area (Å²) in [6, 6.07) is 20.2. The second kappa shape index (κ2) is 6.30. The van der Waals surface area contributed by atoms with Gasteiger partial charge in [-0.3, -0.25) is 0 Å². The van der Waals surface area contributed by atoms with Crippen LogP contribution in [0.2, 0.25) is 6.82 Å². The van der Waals surface area contributed by atoms with Crippen molar-refractivity contribution >= 4 is 12.4 Å². The largest absolute Gasteiger partial charge is 0.497 e. The first-order valence-corrected chi connectivity index (χ1v) is 8.40. The zero-order valence-corrected chi connectivity index (χ0v) is 14.3. The molecular formula is C21H19BO3. The van der Waals surface area contributed by atoms with Gasteiger partial charge in [-0.25, -0.2) is 0 Å². The molecule has 124 valence electrons. The molecule has 0 radical (unpaired) electrons. The molecule has 0 atom stereocenters. The van der Waals surface area contributed by atoms with Crippen LogP contribution in [0.4, 0.5) is 0 Å². The Morgan fingerprint density at radius 2 is 1.72 bits per heavy atom. The van der Waals surface area contributed by atoms with Gasteiger partial charge in [0.15, 0.2) is 0 Å². The summed E-state index contributed by atoms with van der Waals surface area (Å²) in [6.07, 6.45) is 0.854. The molecule has 0 aliphatic carbocycles. The number of para-hydroxylation sites is 1. The van der Waals surface area contributed by atoms with Gasteiger partial charge < -0.3 is 14.5 Å². The molecule has 1 aliphatic heterocycles. The Hall–Kier alpha value is -2.72. The normalized spacial score (nSPS) is 12.0. The van der Waals surface area contributed by atoms with E-state index in [0.29, 0.717) is 0 Å². The molecule has 1 aliphatic rings. The summed E-state index contributed by atoms with van der Waals surface area (Å²) in [5.74, 6) is 2.58. The fourth-order valence-corrected chi connectivity index (χ4v) is 3.22. The molecule has 0 amide bonds. The first-order valence-electron chi connectivity index (χ1n) is 8.40. The SMILES string of the molecule is COc1cc(B(C)O)cc(-c2ccc3c(c2)Cc2ccccc2O3)c1. The first kappa shape index (κ1) is 15.8. The van der Waals surface area contributed by atoms with Crippen LogP contribution < -0.4 is 14.9 Å². The summed E-state index contributed by atoms with van der Waals surface area (Å²) < 4.78 is 11.4. The van der Waals surface area contributed by atoms with Crippen LogP contribution in [-0.4, -0.2) is 19.0 Å². The zero-order valence-electron chi connectivity index (χ0n) is 14.3. The number of rotatable bonds is 3. The molecule has 0 unspecified atom stereocenters. The predicted octanol–water partition coefficient (Wildman–Crippen LogP) is 3.88. The van der Waals surface area contributed by atoms with Crippen LogP contribution in [0, 0.1) is 0 Å². The Morgan fingerprint density at radius 1 is 0.920 bits per heavy atom. The Bertz CT molecular complexity index is 934. The summed E-state index contributed by atoms with van der Waals surface area (Å²) in [6.45, 7) is 1.22. The molecule has 3 aromatic rings. The molecule has 1 heterocycles. The summed E-state index contributed by atoms with van der Waals surface area (Å²) in [5, 5.41) is 9.94. The van der Waals surface area contributed by atoms with Gasteiger partial charge in [-0.1, -0.05) is 37.2 Å². The summed E-state index contributed by atoms with van der Waals surface area (Å²) in [7, 11) is 1.64. The molecular weight excluding hydrogens is 311 g/mol. The number of ether oxygens (including phenoxy) is 2. The van der Waals surface area contributed by atoms with Crippen molar-refractivity contribution in [3.05, 3.63) is 71.8 Å². The molecule has 0 spiro atoms. The van der Waals surface area contributed by atoms with E-state index in [1.165, 1.54) is 5.56 Å². The Morgan fingerprint density at radius 3 is 2.52 bits per heavy atom. The van der Waals surface area contributed by atoms with E-state index in [9.17, 15) is 5.02 Å². The van der Waals surface area contributed by atoms with E-state index in [2.05, 4.69) is 12.1 Å². The first-order chi connectivity index (χ1) is 12.1. The van der Waals surface area contributed by atoms with Crippen LogP contribution in [0.1, 0.15) is 11.1 Å². The monoisotopic (exact) mass is 330 g/mol. The second-order valence-electron chi connectivity index (χ2n) is 6.38. The van der Waals surface area contributed by atoms with Crippen molar-refractivity contribution in [2.24, 2.45) is 0 Å². The van der Waals surface area contributed by atoms with Crippen molar-refractivity contribution in [3.8, 4) is 28.4 Å². The van der Waals surface area contributed by atoms with Gasteiger partial charge in [0.25, 0.3) is 0 Å². The van der Waals surface area contributed by atoms with Crippen molar-refractivity contribution in [1.82, 2.24) is 0 Å². The van der Waals surface area contributed by atoms with Crippen molar-refractivity contribution in [3.63, 3.8) is 0 Å². The topological polar surface area (TPSA) is 38.7 Å². The molecule has 0 saturated heterocycles. The zero-order chi connectivity index (χ0) is 17.4. The number of benzene rings is 3. The van der Waals surface area contributed by atoms with E-state index < -0.39 is 6.92 Å². The van der Waals surface area contributed by atoms with Gasteiger partial charge in [0.2, 0.25) is 0 Å². The average Bonchev–Trinajstić information content (AvgIpc) is 2.65. The predicted molar refractivity (Wildman–Crippen MR) is 101 cm³/mol. The highest BCUT2D eigenvalue weighted by Crippen LogP contribution is 2.38. The van der Waals surface area contributed by atoms with Gasteiger partial charge in [-0.2, -0.15) is 0 Å². The van der Waals surface area contributed by atoms with E-state index in [0.717, 1.165) is 45.8 Å². The fraction of sp³-hybridized carbons (Fsp3) is 0.143. The summed E-state index contributed by atoms with van der Waals surface area (Å²) in [5.41, 5.74) is 5.31.